The van der Waals surface area contributed by atoms with Crippen LogP contribution < -0.4 is 4.98 Å². The fourth-order valence-corrected chi connectivity index (χ4v) is 11.1. The molecule has 3 heterocycles. The molecule has 2 aromatic heterocycles. The van der Waals surface area contributed by atoms with E-state index in [0.29, 0.717) is 0 Å². The topological polar surface area (TPSA) is 51.7 Å². The molecule has 0 aliphatic carbocycles. The van der Waals surface area contributed by atoms with E-state index in [2.05, 4.69) is 323 Å². The van der Waals surface area contributed by atoms with Crippen molar-refractivity contribution in [3.63, 3.8) is 0 Å². The van der Waals surface area contributed by atoms with Gasteiger partial charge in [0, 0.05) is 18.0 Å². The predicted molar refractivity (Wildman–Crippen MR) is 352 cm³/mol. The van der Waals surface area contributed by atoms with Crippen LogP contribution in [0.25, 0.3) is 83.6 Å². The van der Waals surface area contributed by atoms with Crippen molar-refractivity contribution in [3.05, 3.63) is 312 Å². The van der Waals surface area contributed by atoms with Crippen molar-refractivity contribution in [1.29, 1.82) is 0 Å². The molecule has 0 spiro atoms. The van der Waals surface area contributed by atoms with E-state index in [1.165, 1.54) is 27.8 Å². The first kappa shape index (κ1) is 60.8. The van der Waals surface area contributed by atoms with Gasteiger partial charge in [0.05, 0.1) is 17.0 Å². The summed E-state index contributed by atoms with van der Waals surface area (Å²) in [6.45, 7) is 17.2. The molecule has 0 radical (unpaired) electrons. The normalized spacial score (nSPS) is 12.8. The summed E-state index contributed by atoms with van der Waals surface area (Å²) in [6.07, 6.45) is 2.39. The predicted octanol–water partition coefficient (Wildman–Crippen LogP) is 21.7. The number of hydrogen-bond acceptors (Lipinski definition) is 3. The summed E-state index contributed by atoms with van der Waals surface area (Å²) < 4.78 is 39.3. The average Bonchev–Trinajstić information content (AvgIpc) is 2.02. The third kappa shape index (κ3) is 14.0. The summed E-state index contributed by atoms with van der Waals surface area (Å²) in [5.41, 5.74) is 24.8. The minimum Gasteiger partial charge on any atom is -0.657 e. The van der Waals surface area contributed by atoms with Gasteiger partial charge in [-0.1, -0.05) is 212 Å². The van der Waals surface area contributed by atoms with E-state index < -0.39 is 11.7 Å². The molecule has 0 saturated carbocycles. The molecule has 1 aliphatic rings. The van der Waals surface area contributed by atoms with E-state index in [1.54, 1.807) is 0 Å². The van der Waals surface area contributed by atoms with Gasteiger partial charge in [0.25, 0.3) is 0 Å². The second kappa shape index (κ2) is 26.5. The number of halogens is 3. The zero-order valence-electron chi connectivity index (χ0n) is 50.2. The molecule has 12 rings (SSSR count). The van der Waals surface area contributed by atoms with Crippen LogP contribution in [0.15, 0.2) is 282 Å². The summed E-state index contributed by atoms with van der Waals surface area (Å²) in [4.78, 5) is 14.8. The zero-order valence-corrected chi connectivity index (χ0v) is 51.2. The van der Waals surface area contributed by atoms with Gasteiger partial charge in [0.15, 0.2) is 0 Å². The van der Waals surface area contributed by atoms with Crippen LogP contribution in [0.3, 0.4) is 0 Å². The molecule has 0 atom stereocenters. The van der Waals surface area contributed by atoms with E-state index in [0.717, 1.165) is 125 Å². The minimum absolute atomic E-state index is 0.0347. The van der Waals surface area contributed by atoms with Crippen LogP contribution >= 0.6 is 0 Å². The maximum Gasteiger partial charge on any atom is 0.416 e. The molecule has 11 aromatic rings. The van der Waals surface area contributed by atoms with Crippen molar-refractivity contribution < 1.29 is 28.7 Å². The molecule has 0 bridgehead atoms. The SMILES string of the molecule is CC(C)(C)C(C)(C)[N]=[Co].Cc1cc(C)c(/C(=C2\C=CC(c3c(-c4ccccc4)cc(-c4ccccc4)cc3-c3ccccc3)=N2)c2ccc(-c3c(-c4ccccc4)cc(-c4ccccc4)cc3-c3ccccc3)[n-]2)c(C)c1.FC(F)(F)c1ccncc1. The van der Waals surface area contributed by atoms with Crippen molar-refractivity contribution in [2.75, 3.05) is 0 Å². The number of aliphatic imine (C=N–C) groups is 1. The third-order valence-electron chi connectivity index (χ3n) is 16.1. The molecule has 87 heavy (non-hydrogen) atoms. The van der Waals surface area contributed by atoms with Crippen molar-refractivity contribution in [3.8, 4) is 78.0 Å². The molecule has 0 fully saturated rings. The molecule has 0 amide bonds. The monoisotopic (exact) mass is 1190 g/mol. The largest absolute Gasteiger partial charge is 0.657 e. The number of aromatic nitrogens is 2. The number of benzene rings is 9. The fourth-order valence-electron chi connectivity index (χ4n) is 10.7. The van der Waals surface area contributed by atoms with Gasteiger partial charge in [-0.3, -0.25) is 4.98 Å². The van der Waals surface area contributed by atoms with E-state index in [1.807, 2.05) is 0 Å². The summed E-state index contributed by atoms with van der Waals surface area (Å²) in [7, 11) is 0. The second-order valence-electron chi connectivity index (χ2n) is 23.3. The standard InChI is InChI=1S/C66H49N2.C7H15N.C6H4F3N.Co/c1-44-38-45(2)63(46(3)39-44)66(61-36-34-59(67-61)64-55(49-26-14-6-15-27-49)40-53(47-22-10-4-11-23-47)41-56(64)50-28-16-7-17-29-50)62-37-35-60(68-62)65-57(51-30-18-8-19-31-51)42-54(48-24-12-5-13-25-48)43-58(65)52-32-20-9-21-33-52;1-6(2,3)7(4,5)8;7-6(8,9)5-1-3-10-4-2-5;/h4-43H,1-3H3;1-5H3;1-4H;/q-1;;;/b66-61+;;;. The first-order chi connectivity index (χ1) is 41.9. The Morgan fingerprint density at radius 2 is 0.816 bits per heavy atom. The first-order valence-corrected chi connectivity index (χ1v) is 29.6. The maximum atomic E-state index is 11.8. The number of alkyl halides is 3. The Bertz CT molecular complexity index is 4110. The van der Waals surface area contributed by atoms with Crippen molar-refractivity contribution in [2.24, 2.45) is 14.4 Å². The molecule has 435 valence electrons. The molecule has 9 aromatic carbocycles. The van der Waals surface area contributed by atoms with Gasteiger partial charge in [0.2, 0.25) is 0 Å². The van der Waals surface area contributed by atoms with Gasteiger partial charge >= 0.3 is 71.3 Å². The van der Waals surface area contributed by atoms with E-state index >= 15 is 0 Å². The van der Waals surface area contributed by atoms with Crippen LogP contribution in [-0.4, -0.2) is 16.2 Å². The van der Waals surface area contributed by atoms with Gasteiger partial charge in [-0.15, -0.1) is 11.4 Å². The molecule has 0 saturated heterocycles. The van der Waals surface area contributed by atoms with E-state index in [9.17, 15) is 13.2 Å². The number of rotatable bonds is 11. The zero-order chi connectivity index (χ0) is 61.3. The van der Waals surface area contributed by atoms with Gasteiger partial charge < -0.3 is 4.98 Å². The molecule has 0 N–H and O–H groups in total. The number of hydrogen-bond donors (Lipinski definition) is 0. The smallest absolute Gasteiger partial charge is 0.416 e. The molecular weight excluding hydrogens is 1120 g/mol. The Morgan fingerprint density at radius 1 is 0.437 bits per heavy atom. The van der Waals surface area contributed by atoms with Crippen LogP contribution in [-0.2, 0) is 21.7 Å². The Kier molecular flexibility index (Phi) is 18.5. The number of allylic oxidation sites excluding steroid dienone is 2. The van der Waals surface area contributed by atoms with Crippen LogP contribution in [0.4, 0.5) is 13.2 Å². The Labute approximate surface area is 518 Å². The number of aryl methyl sites for hydroxylation is 3. The van der Waals surface area contributed by atoms with Gasteiger partial charge in [-0.2, -0.15) is 13.2 Å². The van der Waals surface area contributed by atoms with Crippen LogP contribution in [0.5, 0.6) is 0 Å². The number of pyridine rings is 1. The molecule has 0 unspecified atom stereocenters. The Morgan fingerprint density at radius 3 is 1.16 bits per heavy atom. The summed E-state index contributed by atoms with van der Waals surface area (Å²) in [5.74, 6) is 0. The van der Waals surface area contributed by atoms with E-state index in [-0.39, 0.29) is 11.0 Å². The average molecular weight is 1190 g/mol. The van der Waals surface area contributed by atoms with Crippen LogP contribution in [0.2, 0.25) is 0 Å². The van der Waals surface area contributed by atoms with Gasteiger partial charge in [-0.05, 0) is 164 Å². The quantitative estimate of drug-likeness (QED) is 0.130. The van der Waals surface area contributed by atoms with Crippen LogP contribution in [0.1, 0.15) is 73.7 Å². The van der Waals surface area contributed by atoms with Crippen molar-refractivity contribution in [2.45, 2.75) is 67.1 Å². The number of nitrogens with zero attached hydrogens (tertiary/aromatic N) is 4. The maximum absolute atomic E-state index is 11.8. The third-order valence-corrected chi connectivity index (χ3v) is 16.7. The fraction of sp³-hybridized carbons (Fsp3) is 0.139. The molecule has 4 nitrogen and oxygen atoms in total. The van der Waals surface area contributed by atoms with Crippen molar-refractivity contribution >= 4 is 11.3 Å². The molecule has 1 aliphatic heterocycles. The van der Waals surface area contributed by atoms with Gasteiger partial charge in [-0.25, -0.2) is 4.99 Å². The van der Waals surface area contributed by atoms with E-state index in [4.69, 9.17) is 9.98 Å². The summed E-state index contributed by atoms with van der Waals surface area (Å²) in [5, 5.41) is 0. The second-order valence-corrected chi connectivity index (χ2v) is 23.5. The Hall–Kier alpha value is -9.34. The first-order valence-electron chi connectivity index (χ1n) is 29.1. The summed E-state index contributed by atoms with van der Waals surface area (Å²) >= 11 is 3.97. The Balaban J connectivity index is 0.000000379. The van der Waals surface area contributed by atoms with Crippen LogP contribution in [0, 0.1) is 26.2 Å². The van der Waals surface area contributed by atoms with Crippen molar-refractivity contribution in [1.82, 2.24) is 9.97 Å². The summed E-state index contributed by atoms with van der Waals surface area (Å²) in [6, 6.07) is 84.5. The molecular formula is C79H68CoF3N4-. The van der Waals surface area contributed by atoms with Gasteiger partial charge in [0.1, 0.15) is 0 Å². The minimum atomic E-state index is -4.25. The molecule has 8 heteroatoms.